The molecule has 2 atom stereocenters. The fourth-order valence-corrected chi connectivity index (χ4v) is 3.68. The summed E-state index contributed by atoms with van der Waals surface area (Å²) in [6.07, 6.45) is -0.248. The third-order valence-electron chi connectivity index (χ3n) is 4.19. The Balaban J connectivity index is 0.00000169. The number of fused-ring (bicyclic) bond motifs is 1. The summed E-state index contributed by atoms with van der Waals surface area (Å²) < 4.78 is 10.7. The molecule has 0 saturated carbocycles. The van der Waals surface area contributed by atoms with Gasteiger partial charge in [-0.3, -0.25) is 0 Å². The first-order valence-electron chi connectivity index (χ1n) is 7.73. The van der Waals surface area contributed by atoms with Crippen molar-refractivity contribution in [2.45, 2.75) is 12.6 Å². The number of nitrogens with zero attached hydrogens (tertiary/aromatic N) is 1. The standard InChI is InChI=1S/C16H19N3O3S.ClH/c20-13-7-18-5-11(13)4-17-6-12-8-23-16(19-12)10-1-2-14-15(3-10)22-9-21-14;/h1-3,8,11,13,17-18,20H,4-7,9H2;1H. The lowest BCUT2D eigenvalue weighted by Crippen LogP contribution is -2.30. The Bertz CT molecular complexity index is 697. The van der Waals surface area contributed by atoms with E-state index in [-0.39, 0.29) is 31.2 Å². The molecule has 2 aromatic rings. The molecular weight excluding hydrogens is 350 g/mol. The summed E-state index contributed by atoms with van der Waals surface area (Å²) in [6, 6.07) is 5.90. The lowest BCUT2D eigenvalue weighted by molar-refractivity contribution is 0.146. The molecule has 130 valence electrons. The van der Waals surface area contributed by atoms with E-state index in [1.807, 2.05) is 18.2 Å². The van der Waals surface area contributed by atoms with Crippen molar-refractivity contribution in [1.82, 2.24) is 15.6 Å². The molecule has 1 aromatic heterocycles. The van der Waals surface area contributed by atoms with Crippen molar-refractivity contribution in [2.75, 3.05) is 26.4 Å². The summed E-state index contributed by atoms with van der Waals surface area (Å²) in [5.74, 6) is 1.85. The summed E-state index contributed by atoms with van der Waals surface area (Å²) in [5, 5.41) is 19.4. The van der Waals surface area contributed by atoms with Gasteiger partial charge in [0.15, 0.2) is 11.5 Å². The molecule has 1 saturated heterocycles. The lowest BCUT2D eigenvalue weighted by Gasteiger charge is -2.13. The van der Waals surface area contributed by atoms with Crippen molar-refractivity contribution in [3.63, 3.8) is 0 Å². The molecule has 3 N–H and O–H groups in total. The molecule has 0 aliphatic carbocycles. The zero-order valence-corrected chi connectivity index (χ0v) is 14.7. The number of β-amino-alcohol motifs (C(OH)–C–C–N with tert-alkyl or cyclic N) is 1. The van der Waals surface area contributed by atoms with E-state index in [0.29, 0.717) is 13.1 Å². The minimum Gasteiger partial charge on any atom is -0.454 e. The molecule has 24 heavy (non-hydrogen) atoms. The second kappa shape index (κ2) is 7.67. The van der Waals surface area contributed by atoms with Gasteiger partial charge in [-0.2, -0.15) is 0 Å². The van der Waals surface area contributed by atoms with Gasteiger partial charge in [-0.05, 0) is 18.2 Å². The molecule has 0 bridgehead atoms. The molecular formula is C16H20ClN3O3S. The topological polar surface area (TPSA) is 75.6 Å². The van der Waals surface area contributed by atoms with Gasteiger partial charge in [0.05, 0.1) is 11.8 Å². The summed E-state index contributed by atoms with van der Waals surface area (Å²) >= 11 is 1.62. The van der Waals surface area contributed by atoms with Gasteiger partial charge in [-0.1, -0.05) is 0 Å². The van der Waals surface area contributed by atoms with Crippen LogP contribution in [0.5, 0.6) is 11.5 Å². The van der Waals surface area contributed by atoms with Crippen molar-refractivity contribution in [2.24, 2.45) is 5.92 Å². The maximum atomic E-state index is 9.78. The highest BCUT2D eigenvalue weighted by molar-refractivity contribution is 7.13. The van der Waals surface area contributed by atoms with Crippen molar-refractivity contribution in [3.05, 3.63) is 29.3 Å². The highest BCUT2D eigenvalue weighted by Crippen LogP contribution is 2.36. The van der Waals surface area contributed by atoms with Crippen LogP contribution in [0, 0.1) is 5.92 Å². The number of thiazole rings is 1. The normalized spacial score (nSPS) is 21.7. The van der Waals surface area contributed by atoms with Gasteiger partial charge >= 0.3 is 0 Å². The highest BCUT2D eigenvalue weighted by atomic mass is 35.5. The fraction of sp³-hybridized carbons (Fsp3) is 0.438. The number of benzene rings is 1. The maximum absolute atomic E-state index is 9.78. The van der Waals surface area contributed by atoms with Gasteiger partial charge in [0.1, 0.15) is 5.01 Å². The lowest BCUT2D eigenvalue weighted by atomic mass is 10.1. The van der Waals surface area contributed by atoms with E-state index < -0.39 is 0 Å². The zero-order chi connectivity index (χ0) is 15.6. The van der Waals surface area contributed by atoms with Gasteiger partial charge in [0.2, 0.25) is 6.79 Å². The van der Waals surface area contributed by atoms with Crippen molar-refractivity contribution < 1.29 is 14.6 Å². The Morgan fingerprint density at radius 2 is 2.17 bits per heavy atom. The molecule has 8 heteroatoms. The molecule has 1 fully saturated rings. The quantitative estimate of drug-likeness (QED) is 0.743. The van der Waals surface area contributed by atoms with E-state index in [1.165, 1.54) is 0 Å². The average Bonchev–Trinajstić information content (AvgIpc) is 3.28. The predicted molar refractivity (Wildman–Crippen MR) is 95.0 cm³/mol. The molecule has 4 rings (SSSR count). The van der Waals surface area contributed by atoms with E-state index in [9.17, 15) is 5.11 Å². The van der Waals surface area contributed by atoms with Crippen LogP contribution in [0.4, 0.5) is 0 Å². The van der Waals surface area contributed by atoms with Gasteiger partial charge in [0.25, 0.3) is 0 Å². The second-order valence-electron chi connectivity index (χ2n) is 5.83. The predicted octanol–water partition coefficient (Wildman–Crippen LogP) is 1.63. The monoisotopic (exact) mass is 369 g/mol. The van der Waals surface area contributed by atoms with Gasteiger partial charge in [-0.25, -0.2) is 4.98 Å². The number of hydrogen-bond acceptors (Lipinski definition) is 7. The van der Waals surface area contributed by atoms with Crippen LogP contribution in [0.2, 0.25) is 0 Å². The van der Waals surface area contributed by atoms with Gasteiger partial charge in [0, 0.05) is 43.0 Å². The molecule has 0 radical (unpaired) electrons. The fourth-order valence-electron chi connectivity index (χ4n) is 2.86. The highest BCUT2D eigenvalue weighted by Gasteiger charge is 2.24. The number of rotatable bonds is 5. The minimum atomic E-state index is -0.248. The number of ether oxygens (including phenoxy) is 2. The molecule has 3 heterocycles. The summed E-state index contributed by atoms with van der Waals surface area (Å²) in [4.78, 5) is 4.67. The van der Waals surface area contributed by atoms with Gasteiger partial charge < -0.3 is 25.2 Å². The molecule has 2 aliphatic rings. The van der Waals surface area contributed by atoms with Crippen LogP contribution in [-0.4, -0.2) is 42.6 Å². The summed E-state index contributed by atoms with van der Waals surface area (Å²) in [6.45, 7) is 3.36. The molecule has 0 amide bonds. The molecule has 2 unspecified atom stereocenters. The molecule has 2 aliphatic heterocycles. The number of hydrogen-bond donors (Lipinski definition) is 3. The largest absolute Gasteiger partial charge is 0.454 e. The van der Waals surface area contributed by atoms with Crippen LogP contribution in [0.25, 0.3) is 10.6 Å². The first kappa shape index (κ1) is 17.4. The van der Waals surface area contributed by atoms with Crippen LogP contribution < -0.4 is 20.1 Å². The third-order valence-corrected chi connectivity index (χ3v) is 5.13. The summed E-state index contributed by atoms with van der Waals surface area (Å²) in [7, 11) is 0. The number of nitrogens with one attached hydrogen (secondary N) is 2. The van der Waals surface area contributed by atoms with Crippen molar-refractivity contribution in [1.29, 1.82) is 0 Å². The minimum absolute atomic E-state index is 0. The second-order valence-corrected chi connectivity index (χ2v) is 6.69. The first-order chi connectivity index (χ1) is 11.3. The van der Waals surface area contributed by atoms with Gasteiger partial charge in [-0.15, -0.1) is 23.7 Å². The van der Waals surface area contributed by atoms with E-state index in [4.69, 9.17) is 9.47 Å². The average molecular weight is 370 g/mol. The molecule has 6 nitrogen and oxygen atoms in total. The number of aliphatic hydroxyl groups excluding tert-OH is 1. The van der Waals surface area contributed by atoms with E-state index >= 15 is 0 Å². The third kappa shape index (κ3) is 3.65. The number of halogens is 1. The Morgan fingerprint density at radius 3 is 3.00 bits per heavy atom. The van der Waals surface area contributed by atoms with Crippen LogP contribution in [0.15, 0.2) is 23.6 Å². The Labute approximate surface area is 150 Å². The van der Waals surface area contributed by atoms with Crippen LogP contribution in [0.3, 0.4) is 0 Å². The van der Waals surface area contributed by atoms with E-state index in [2.05, 4.69) is 21.0 Å². The molecule has 1 aromatic carbocycles. The van der Waals surface area contributed by atoms with Crippen LogP contribution >= 0.6 is 23.7 Å². The number of aromatic nitrogens is 1. The van der Waals surface area contributed by atoms with Crippen LogP contribution in [0.1, 0.15) is 5.69 Å². The van der Waals surface area contributed by atoms with Crippen molar-refractivity contribution in [3.8, 4) is 22.1 Å². The van der Waals surface area contributed by atoms with E-state index in [0.717, 1.165) is 40.9 Å². The van der Waals surface area contributed by atoms with Crippen LogP contribution in [-0.2, 0) is 6.54 Å². The van der Waals surface area contributed by atoms with E-state index in [1.54, 1.807) is 11.3 Å². The molecule has 0 spiro atoms. The van der Waals surface area contributed by atoms with Crippen molar-refractivity contribution >= 4 is 23.7 Å². The summed E-state index contributed by atoms with van der Waals surface area (Å²) in [5.41, 5.74) is 2.06. The Morgan fingerprint density at radius 1 is 1.29 bits per heavy atom. The zero-order valence-electron chi connectivity index (χ0n) is 13.0. The first-order valence-corrected chi connectivity index (χ1v) is 8.61. The SMILES string of the molecule is Cl.OC1CNCC1CNCc1csc(-c2ccc3c(c2)OCO3)n1. The number of aliphatic hydroxyl groups is 1. The maximum Gasteiger partial charge on any atom is 0.231 e. The Hall–Kier alpha value is -1.38. The Kier molecular flexibility index (Phi) is 5.57. The smallest absolute Gasteiger partial charge is 0.231 e.